The van der Waals surface area contributed by atoms with Gasteiger partial charge in [0.15, 0.2) is 0 Å². The molecule has 7 heteroatoms. The number of fused-ring (bicyclic) bond motifs is 2. The van der Waals surface area contributed by atoms with Gasteiger partial charge in [0.05, 0.1) is 11.2 Å². The van der Waals surface area contributed by atoms with Crippen LogP contribution in [0.1, 0.15) is 40.2 Å². The van der Waals surface area contributed by atoms with E-state index in [1.54, 1.807) is 4.90 Å². The van der Waals surface area contributed by atoms with Crippen molar-refractivity contribution < 1.29 is 18.9 Å². The van der Waals surface area contributed by atoms with Gasteiger partial charge in [0.1, 0.15) is 5.41 Å². The molecule has 2 amide bonds. The van der Waals surface area contributed by atoms with E-state index in [0.717, 1.165) is 16.7 Å². The maximum absolute atomic E-state index is 12.5. The number of nitrogens with one attached hydrogen (secondary N) is 1. The minimum absolute atomic E-state index is 0.000661. The van der Waals surface area contributed by atoms with E-state index in [1.807, 2.05) is 45.9 Å². The van der Waals surface area contributed by atoms with E-state index in [4.69, 9.17) is 9.31 Å². The van der Waals surface area contributed by atoms with Crippen LogP contribution in [0.2, 0.25) is 0 Å². The molecule has 2 fully saturated rings. The molecule has 1 aromatic rings. The van der Waals surface area contributed by atoms with Crippen LogP contribution in [0.25, 0.3) is 0 Å². The van der Waals surface area contributed by atoms with Gasteiger partial charge in [-0.3, -0.25) is 9.59 Å². The number of rotatable bonds is 1. The highest BCUT2D eigenvalue weighted by molar-refractivity contribution is 6.62. The van der Waals surface area contributed by atoms with Crippen LogP contribution < -0.4 is 10.8 Å². The molecule has 132 valence electrons. The van der Waals surface area contributed by atoms with Gasteiger partial charge in [0.2, 0.25) is 11.8 Å². The van der Waals surface area contributed by atoms with E-state index in [1.165, 1.54) is 6.92 Å². The third kappa shape index (κ3) is 2.18. The topological polar surface area (TPSA) is 67.9 Å². The number of hydrogen-bond donors (Lipinski definition) is 1. The van der Waals surface area contributed by atoms with Gasteiger partial charge in [-0.2, -0.15) is 0 Å². The molecule has 4 rings (SSSR count). The molecule has 1 aromatic carbocycles. The Morgan fingerprint density at radius 2 is 1.76 bits per heavy atom. The van der Waals surface area contributed by atoms with Crippen molar-refractivity contribution in [2.75, 3.05) is 18.4 Å². The third-order valence-corrected chi connectivity index (χ3v) is 6.13. The fourth-order valence-corrected chi connectivity index (χ4v) is 3.71. The Morgan fingerprint density at radius 1 is 1.16 bits per heavy atom. The normalized spacial score (nSPS) is 24.9. The quantitative estimate of drug-likeness (QED) is 0.775. The number of likely N-dealkylation sites (tertiary alicyclic amines) is 1. The average molecular weight is 342 g/mol. The predicted molar refractivity (Wildman–Crippen MR) is 94.7 cm³/mol. The molecule has 0 atom stereocenters. The molecule has 0 aromatic heterocycles. The Hall–Kier alpha value is -1.86. The standard InChI is InChI=1S/C18H23BN2O4/c1-11(22)21-9-18(10-21)13-7-6-12(8-14(13)20-15(18)23)19-24-16(2,3)17(4,5)25-19/h6-8H,9-10H2,1-5H3,(H,20,23). The third-order valence-electron chi connectivity index (χ3n) is 6.13. The molecule has 0 saturated carbocycles. The molecule has 3 aliphatic rings. The van der Waals surface area contributed by atoms with Crippen molar-refractivity contribution in [3.8, 4) is 0 Å². The van der Waals surface area contributed by atoms with E-state index < -0.39 is 23.7 Å². The lowest BCUT2D eigenvalue weighted by molar-refractivity contribution is -0.141. The molecule has 0 aliphatic carbocycles. The lowest BCUT2D eigenvalue weighted by atomic mass is 9.72. The van der Waals surface area contributed by atoms with Crippen LogP contribution in [0, 0.1) is 0 Å². The molecule has 0 bridgehead atoms. The summed E-state index contributed by atoms with van der Waals surface area (Å²) in [5.74, 6) is -0.0354. The van der Waals surface area contributed by atoms with Crippen molar-refractivity contribution in [1.82, 2.24) is 4.90 Å². The second kappa shape index (κ2) is 4.86. The van der Waals surface area contributed by atoms with Gasteiger partial charge < -0.3 is 19.5 Å². The molecular weight excluding hydrogens is 319 g/mol. The fraction of sp³-hybridized carbons (Fsp3) is 0.556. The van der Waals surface area contributed by atoms with Crippen molar-refractivity contribution in [3.05, 3.63) is 23.8 Å². The Kier molecular flexibility index (Phi) is 3.23. The molecule has 3 heterocycles. The number of carbonyl (C=O) groups is 2. The molecule has 3 aliphatic heterocycles. The number of carbonyl (C=O) groups excluding carboxylic acids is 2. The van der Waals surface area contributed by atoms with E-state index >= 15 is 0 Å². The lowest BCUT2D eigenvalue weighted by Crippen LogP contribution is -2.63. The second-order valence-electron chi connectivity index (χ2n) is 8.30. The highest BCUT2D eigenvalue weighted by Gasteiger charge is 2.57. The molecule has 0 unspecified atom stereocenters. The summed E-state index contributed by atoms with van der Waals surface area (Å²) in [4.78, 5) is 25.7. The first-order valence-electron chi connectivity index (χ1n) is 8.63. The summed E-state index contributed by atoms with van der Waals surface area (Å²) in [7, 11) is -0.459. The van der Waals surface area contributed by atoms with Crippen molar-refractivity contribution in [1.29, 1.82) is 0 Å². The zero-order valence-corrected chi connectivity index (χ0v) is 15.3. The Balaban J connectivity index is 1.62. The molecule has 2 saturated heterocycles. The summed E-state index contributed by atoms with van der Waals surface area (Å²) in [5.41, 5.74) is 1.22. The Bertz CT molecular complexity index is 767. The van der Waals surface area contributed by atoms with Crippen LogP contribution in [0.4, 0.5) is 5.69 Å². The first-order chi connectivity index (χ1) is 11.6. The largest absolute Gasteiger partial charge is 0.494 e. The van der Waals surface area contributed by atoms with Gasteiger partial charge in [0.25, 0.3) is 0 Å². The van der Waals surface area contributed by atoms with Crippen LogP contribution in [0.15, 0.2) is 18.2 Å². The number of amides is 2. The average Bonchev–Trinajstić information content (AvgIpc) is 2.86. The van der Waals surface area contributed by atoms with Crippen molar-refractivity contribution in [2.24, 2.45) is 0 Å². The van der Waals surface area contributed by atoms with Crippen LogP contribution in [-0.2, 0) is 24.3 Å². The Morgan fingerprint density at radius 3 is 2.32 bits per heavy atom. The summed E-state index contributed by atoms with van der Waals surface area (Å²) >= 11 is 0. The van der Waals surface area contributed by atoms with Gasteiger partial charge in [-0.05, 0) is 44.8 Å². The monoisotopic (exact) mass is 342 g/mol. The van der Waals surface area contributed by atoms with Crippen molar-refractivity contribution in [2.45, 2.75) is 51.2 Å². The summed E-state index contributed by atoms with van der Waals surface area (Å²) in [6, 6.07) is 5.85. The van der Waals surface area contributed by atoms with E-state index in [0.29, 0.717) is 13.1 Å². The zero-order valence-electron chi connectivity index (χ0n) is 15.3. The molecule has 0 radical (unpaired) electrons. The highest BCUT2D eigenvalue weighted by Crippen LogP contribution is 2.44. The molecule has 1 spiro atoms. The smallest absolute Gasteiger partial charge is 0.399 e. The SMILES string of the molecule is CC(=O)N1CC2(C1)C(=O)Nc1cc(B3OC(C)(C)C(C)(C)O3)ccc12. The molecule has 25 heavy (non-hydrogen) atoms. The number of anilines is 1. The summed E-state index contributed by atoms with van der Waals surface area (Å²) < 4.78 is 12.2. The first kappa shape index (κ1) is 16.6. The van der Waals surface area contributed by atoms with Crippen LogP contribution in [0.5, 0.6) is 0 Å². The van der Waals surface area contributed by atoms with Gasteiger partial charge in [0, 0.05) is 25.7 Å². The number of hydrogen-bond acceptors (Lipinski definition) is 4. The van der Waals surface area contributed by atoms with E-state index in [-0.39, 0.29) is 11.8 Å². The highest BCUT2D eigenvalue weighted by atomic mass is 16.7. The second-order valence-corrected chi connectivity index (χ2v) is 8.30. The van der Waals surface area contributed by atoms with Crippen molar-refractivity contribution >= 4 is 30.1 Å². The minimum Gasteiger partial charge on any atom is -0.399 e. The van der Waals surface area contributed by atoms with Crippen LogP contribution >= 0.6 is 0 Å². The van der Waals surface area contributed by atoms with Crippen LogP contribution in [-0.4, -0.2) is 48.1 Å². The van der Waals surface area contributed by atoms with Gasteiger partial charge in [-0.25, -0.2) is 0 Å². The maximum Gasteiger partial charge on any atom is 0.494 e. The minimum atomic E-state index is -0.602. The number of nitrogens with zero attached hydrogens (tertiary/aromatic N) is 1. The Labute approximate surface area is 148 Å². The van der Waals surface area contributed by atoms with E-state index in [2.05, 4.69) is 5.32 Å². The maximum atomic E-state index is 12.5. The summed E-state index contributed by atoms with van der Waals surface area (Å²) in [6.45, 7) is 10.5. The van der Waals surface area contributed by atoms with Gasteiger partial charge in [-0.1, -0.05) is 12.1 Å². The fourth-order valence-electron chi connectivity index (χ4n) is 3.71. The van der Waals surface area contributed by atoms with Gasteiger partial charge >= 0.3 is 7.12 Å². The van der Waals surface area contributed by atoms with Crippen molar-refractivity contribution in [3.63, 3.8) is 0 Å². The van der Waals surface area contributed by atoms with E-state index in [9.17, 15) is 9.59 Å². The van der Waals surface area contributed by atoms with Gasteiger partial charge in [-0.15, -0.1) is 0 Å². The summed E-state index contributed by atoms with van der Waals surface area (Å²) in [5, 5.41) is 2.97. The molecule has 1 N–H and O–H groups in total. The summed E-state index contributed by atoms with van der Waals surface area (Å²) in [6.07, 6.45) is 0. The molecule has 6 nitrogen and oxygen atoms in total. The first-order valence-corrected chi connectivity index (χ1v) is 8.63. The van der Waals surface area contributed by atoms with Crippen LogP contribution in [0.3, 0.4) is 0 Å². The molecular formula is C18H23BN2O4. The zero-order chi connectivity index (χ0) is 18.2. The number of benzene rings is 1. The predicted octanol–water partition coefficient (Wildman–Crippen LogP) is 1.04. The lowest BCUT2D eigenvalue weighted by Gasteiger charge is -2.46.